The van der Waals surface area contributed by atoms with Crippen LogP contribution in [0.1, 0.15) is 30.7 Å². The number of carbonyl (C=O) groups is 1. The van der Waals surface area contributed by atoms with Gasteiger partial charge in [0.05, 0.1) is 4.90 Å². The van der Waals surface area contributed by atoms with Crippen molar-refractivity contribution >= 4 is 16.1 Å². The minimum Gasteiger partial charge on any atom is -0.486 e. The average molecular weight is 408 g/mol. The van der Waals surface area contributed by atoms with Gasteiger partial charge in [-0.15, -0.1) is 0 Å². The Morgan fingerprint density at radius 3 is 2.75 bits per heavy atom. The van der Waals surface area contributed by atoms with Crippen LogP contribution < -0.4 is 9.47 Å². The second kappa shape index (κ2) is 7.06. The number of ether oxygens (including phenoxy) is 2. The van der Waals surface area contributed by atoms with E-state index in [-0.39, 0.29) is 17.8 Å². The molecule has 9 heteroatoms. The van der Waals surface area contributed by atoms with E-state index in [4.69, 9.17) is 13.7 Å². The highest BCUT2D eigenvalue weighted by atomic mass is 32.2. The summed E-state index contributed by atoms with van der Waals surface area (Å²) in [5, 5.41) is 9.38. The third kappa shape index (κ3) is 3.43. The molecule has 1 aliphatic carbocycles. The van der Waals surface area contributed by atoms with Gasteiger partial charge in [-0.05, 0) is 43.5 Å². The Hall–Kier alpha value is -2.65. The van der Waals surface area contributed by atoms with E-state index < -0.39 is 33.1 Å². The molecule has 3 atom stereocenters. The van der Waals surface area contributed by atoms with Crippen molar-refractivity contribution in [2.45, 2.75) is 42.5 Å². The van der Waals surface area contributed by atoms with E-state index >= 15 is 0 Å². The molecule has 1 heterocycles. The standard InChI is InChI=1S/C19H17FO7S/c20-11-4-1-5-12(10-11)28(23,24)27-19(18(21)22)26-16-9-3-7-14-13-6-2-8-15(13)25-17(14)16/h1,3-5,7,9-10,13,15,19H,2,6,8H2,(H,21,22). The summed E-state index contributed by atoms with van der Waals surface area (Å²) in [5.74, 6) is -1.71. The zero-order valence-corrected chi connectivity index (χ0v) is 15.4. The molecule has 2 aromatic carbocycles. The van der Waals surface area contributed by atoms with Crippen molar-refractivity contribution in [3.63, 3.8) is 0 Å². The molecule has 7 nitrogen and oxygen atoms in total. The number of rotatable bonds is 6. The molecule has 1 aliphatic heterocycles. The molecule has 0 bridgehead atoms. The van der Waals surface area contributed by atoms with Crippen molar-refractivity contribution in [1.82, 2.24) is 0 Å². The Balaban J connectivity index is 1.59. The first-order valence-electron chi connectivity index (χ1n) is 8.73. The predicted octanol–water partition coefficient (Wildman–Crippen LogP) is 3.05. The van der Waals surface area contributed by atoms with Crippen molar-refractivity contribution < 1.29 is 36.4 Å². The van der Waals surface area contributed by atoms with Gasteiger partial charge in [-0.25, -0.2) is 13.4 Å². The second-order valence-electron chi connectivity index (χ2n) is 6.66. The molecule has 148 valence electrons. The minimum atomic E-state index is -4.56. The first-order chi connectivity index (χ1) is 13.3. The highest BCUT2D eigenvalue weighted by Crippen LogP contribution is 2.50. The summed E-state index contributed by atoms with van der Waals surface area (Å²) >= 11 is 0. The largest absolute Gasteiger partial charge is 0.486 e. The molecule has 0 aromatic heterocycles. The van der Waals surface area contributed by atoms with Gasteiger partial charge in [0.2, 0.25) is 0 Å². The van der Waals surface area contributed by atoms with Crippen LogP contribution in [0.4, 0.5) is 4.39 Å². The van der Waals surface area contributed by atoms with E-state index in [1.54, 1.807) is 6.07 Å². The van der Waals surface area contributed by atoms with Crippen LogP contribution in [0.25, 0.3) is 0 Å². The predicted molar refractivity (Wildman–Crippen MR) is 94.2 cm³/mol. The monoisotopic (exact) mass is 408 g/mol. The lowest BCUT2D eigenvalue weighted by Gasteiger charge is -2.17. The lowest BCUT2D eigenvalue weighted by Crippen LogP contribution is -2.32. The van der Waals surface area contributed by atoms with Crippen molar-refractivity contribution in [2.24, 2.45) is 0 Å². The normalized spacial score (nSPS) is 21.5. The van der Waals surface area contributed by atoms with Crippen LogP contribution >= 0.6 is 0 Å². The molecule has 1 N–H and O–H groups in total. The number of halogens is 1. The maximum Gasteiger partial charge on any atom is 0.375 e. The Kier molecular flexibility index (Phi) is 4.72. The summed E-state index contributed by atoms with van der Waals surface area (Å²) in [4.78, 5) is 11.0. The van der Waals surface area contributed by atoms with Crippen molar-refractivity contribution in [3.8, 4) is 11.5 Å². The number of hydrogen-bond donors (Lipinski definition) is 1. The molecular weight excluding hydrogens is 391 g/mol. The third-order valence-electron chi connectivity index (χ3n) is 4.87. The first kappa shape index (κ1) is 18.7. The van der Waals surface area contributed by atoms with Crippen LogP contribution in [0, 0.1) is 5.82 Å². The topological polar surface area (TPSA) is 99.1 Å². The fraction of sp³-hybridized carbons (Fsp3) is 0.316. The lowest BCUT2D eigenvalue weighted by atomic mass is 9.97. The molecule has 1 fully saturated rings. The number of carboxylic acid groups (broad SMARTS) is 1. The quantitative estimate of drug-likeness (QED) is 0.579. The van der Waals surface area contributed by atoms with Gasteiger partial charge in [-0.2, -0.15) is 8.42 Å². The number of benzene rings is 2. The number of fused-ring (bicyclic) bond motifs is 3. The number of carboxylic acids is 1. The molecule has 0 amide bonds. The lowest BCUT2D eigenvalue weighted by molar-refractivity contribution is -0.158. The molecule has 1 saturated carbocycles. The van der Waals surface area contributed by atoms with Gasteiger partial charge in [0.15, 0.2) is 11.5 Å². The van der Waals surface area contributed by atoms with Gasteiger partial charge in [0.1, 0.15) is 11.9 Å². The van der Waals surface area contributed by atoms with Gasteiger partial charge >= 0.3 is 22.4 Å². The molecule has 2 aromatic rings. The van der Waals surface area contributed by atoms with Gasteiger partial charge in [0.25, 0.3) is 0 Å². The maximum atomic E-state index is 13.3. The SMILES string of the molecule is O=C(O)C(Oc1cccc2c1OC1CCCC21)OS(=O)(=O)c1cccc(F)c1. The van der Waals surface area contributed by atoms with Gasteiger partial charge in [0, 0.05) is 11.5 Å². The molecule has 0 spiro atoms. The second-order valence-corrected chi connectivity index (χ2v) is 8.24. The number of para-hydroxylation sites is 1. The average Bonchev–Trinajstić information content (AvgIpc) is 3.23. The van der Waals surface area contributed by atoms with Crippen molar-refractivity contribution in [3.05, 3.63) is 53.8 Å². The zero-order chi connectivity index (χ0) is 19.9. The highest BCUT2D eigenvalue weighted by Gasteiger charge is 2.40. The maximum absolute atomic E-state index is 13.3. The smallest absolute Gasteiger partial charge is 0.375 e. The molecule has 4 rings (SSSR count). The summed E-state index contributed by atoms with van der Waals surface area (Å²) in [6.45, 7) is 0. The van der Waals surface area contributed by atoms with Crippen LogP contribution in [0.5, 0.6) is 11.5 Å². The Bertz CT molecular complexity index is 1020. The van der Waals surface area contributed by atoms with E-state index in [1.165, 1.54) is 12.1 Å². The first-order valence-corrected chi connectivity index (χ1v) is 10.1. The molecule has 28 heavy (non-hydrogen) atoms. The van der Waals surface area contributed by atoms with Gasteiger partial charge in [-0.1, -0.05) is 18.2 Å². The van der Waals surface area contributed by atoms with Crippen LogP contribution in [0.2, 0.25) is 0 Å². The van der Waals surface area contributed by atoms with E-state index in [9.17, 15) is 22.7 Å². The van der Waals surface area contributed by atoms with E-state index in [0.717, 1.165) is 43.0 Å². The van der Waals surface area contributed by atoms with Crippen LogP contribution in [0.15, 0.2) is 47.4 Å². The highest BCUT2D eigenvalue weighted by molar-refractivity contribution is 7.86. The van der Waals surface area contributed by atoms with Crippen molar-refractivity contribution in [2.75, 3.05) is 0 Å². The van der Waals surface area contributed by atoms with E-state index in [1.807, 2.05) is 6.07 Å². The summed E-state index contributed by atoms with van der Waals surface area (Å²) in [6.07, 6.45) is 0.773. The Morgan fingerprint density at radius 1 is 1.21 bits per heavy atom. The van der Waals surface area contributed by atoms with Crippen LogP contribution in [-0.4, -0.2) is 31.9 Å². The summed E-state index contributed by atoms with van der Waals surface area (Å²) in [5.41, 5.74) is 0.914. The molecule has 0 radical (unpaired) electrons. The Morgan fingerprint density at radius 2 is 2.00 bits per heavy atom. The van der Waals surface area contributed by atoms with Gasteiger partial charge in [-0.3, -0.25) is 0 Å². The molecule has 0 saturated heterocycles. The third-order valence-corrected chi connectivity index (χ3v) is 6.12. The van der Waals surface area contributed by atoms with Crippen LogP contribution in [-0.2, 0) is 19.1 Å². The van der Waals surface area contributed by atoms with Crippen LogP contribution in [0.3, 0.4) is 0 Å². The molecular formula is C19H17FO7S. The fourth-order valence-corrected chi connectivity index (χ4v) is 4.60. The van der Waals surface area contributed by atoms with Crippen molar-refractivity contribution in [1.29, 1.82) is 0 Å². The van der Waals surface area contributed by atoms with Gasteiger partial charge < -0.3 is 14.6 Å². The number of hydrogen-bond acceptors (Lipinski definition) is 6. The fourth-order valence-electron chi connectivity index (χ4n) is 3.64. The summed E-state index contributed by atoms with van der Waals surface area (Å²) in [6, 6.07) is 9.15. The Labute approximate surface area is 160 Å². The molecule has 2 aliphatic rings. The summed E-state index contributed by atoms with van der Waals surface area (Å²) in [7, 11) is -4.56. The minimum absolute atomic E-state index is 0.0139. The van der Waals surface area contributed by atoms with E-state index in [2.05, 4.69) is 0 Å². The molecule has 3 unspecified atom stereocenters. The van der Waals surface area contributed by atoms with E-state index in [0.29, 0.717) is 5.75 Å². The number of aliphatic carboxylic acids is 1. The summed E-state index contributed by atoms with van der Waals surface area (Å²) < 4.78 is 53.9. The zero-order valence-electron chi connectivity index (χ0n) is 14.6.